The van der Waals surface area contributed by atoms with E-state index in [1.165, 1.54) is 0 Å². The van der Waals surface area contributed by atoms with E-state index in [0.29, 0.717) is 12.2 Å². The number of aromatic nitrogens is 2. The molecule has 1 aliphatic heterocycles. The summed E-state index contributed by atoms with van der Waals surface area (Å²) in [6.45, 7) is 13.0. The largest absolute Gasteiger partial charge is 0.492 e. The Bertz CT molecular complexity index is 1540. The van der Waals surface area contributed by atoms with Crippen LogP contribution in [0.3, 0.4) is 0 Å². The molecule has 214 valence electrons. The third kappa shape index (κ3) is 6.50. The van der Waals surface area contributed by atoms with Crippen LogP contribution in [-0.2, 0) is 21.4 Å². The summed E-state index contributed by atoms with van der Waals surface area (Å²) in [7, 11) is 0. The van der Waals surface area contributed by atoms with Crippen LogP contribution < -0.4 is 4.74 Å². The maximum atomic E-state index is 13.7. The molecule has 1 aliphatic rings. The van der Waals surface area contributed by atoms with Crippen molar-refractivity contribution in [1.29, 1.82) is 0 Å². The molecule has 0 radical (unpaired) electrons. The van der Waals surface area contributed by atoms with Crippen molar-refractivity contribution in [2.75, 3.05) is 39.5 Å². The summed E-state index contributed by atoms with van der Waals surface area (Å²) in [5.41, 5.74) is 4.01. The van der Waals surface area contributed by atoms with Gasteiger partial charge in [-0.15, -0.1) is 0 Å². The lowest BCUT2D eigenvalue weighted by Crippen LogP contribution is -2.38. The van der Waals surface area contributed by atoms with Gasteiger partial charge in [0.1, 0.15) is 12.4 Å². The lowest BCUT2D eigenvalue weighted by atomic mass is 9.91. The van der Waals surface area contributed by atoms with Crippen molar-refractivity contribution in [2.24, 2.45) is 5.16 Å². The second-order valence-corrected chi connectivity index (χ2v) is 11.5. The van der Waals surface area contributed by atoms with Gasteiger partial charge < -0.3 is 14.7 Å². The molecule has 1 fully saturated rings. The third-order valence-electron chi connectivity index (χ3n) is 7.44. The third-order valence-corrected chi connectivity index (χ3v) is 7.44. The number of ketones is 1. The summed E-state index contributed by atoms with van der Waals surface area (Å²) in [5, 5.41) is 20.1. The fourth-order valence-electron chi connectivity index (χ4n) is 5.04. The van der Waals surface area contributed by atoms with Crippen LogP contribution in [0.15, 0.2) is 71.9 Å². The van der Waals surface area contributed by atoms with Gasteiger partial charge in [-0.3, -0.25) is 9.69 Å². The average molecular weight is 555 g/mol. The molecule has 2 heterocycles. The molecule has 0 aliphatic carbocycles. The van der Waals surface area contributed by atoms with E-state index in [1.807, 2.05) is 72.3 Å². The van der Waals surface area contributed by atoms with Gasteiger partial charge in [-0.25, -0.2) is 4.68 Å². The second-order valence-electron chi connectivity index (χ2n) is 11.5. The zero-order valence-electron chi connectivity index (χ0n) is 24.3. The minimum absolute atomic E-state index is 0.00929. The van der Waals surface area contributed by atoms with Crippen molar-refractivity contribution < 1.29 is 19.5 Å². The molecule has 5 rings (SSSR count). The lowest BCUT2D eigenvalue weighted by Gasteiger charge is -2.26. The quantitative estimate of drug-likeness (QED) is 0.171. The Hall–Kier alpha value is -4.01. The number of hydrogen-bond acceptors (Lipinski definition) is 7. The highest BCUT2D eigenvalue weighted by Crippen LogP contribution is 2.30. The predicted molar refractivity (Wildman–Crippen MR) is 161 cm³/mol. The summed E-state index contributed by atoms with van der Waals surface area (Å²) in [5.74, 6) is 0.432. The first-order valence-corrected chi connectivity index (χ1v) is 14.1. The van der Waals surface area contributed by atoms with Crippen molar-refractivity contribution in [3.05, 3.63) is 89.2 Å². The predicted octanol–water partition coefficient (Wildman–Crippen LogP) is 5.33. The molecule has 0 saturated carbocycles. The second kappa shape index (κ2) is 12.2. The molecule has 3 aromatic carbocycles. The Balaban J connectivity index is 1.41. The van der Waals surface area contributed by atoms with Gasteiger partial charge >= 0.3 is 0 Å². The van der Waals surface area contributed by atoms with E-state index >= 15 is 0 Å². The number of ether oxygens (including phenoxy) is 2. The number of Topliss-reactive ketones (excluding diaryl/α,β-unsaturated/α-hetero) is 1. The first kappa shape index (κ1) is 28.5. The minimum Gasteiger partial charge on any atom is -0.492 e. The Morgan fingerprint density at radius 1 is 1.02 bits per heavy atom. The van der Waals surface area contributed by atoms with Crippen LogP contribution in [0, 0.1) is 6.92 Å². The molecule has 0 unspecified atom stereocenters. The normalized spacial score (nSPS) is 14.9. The van der Waals surface area contributed by atoms with Crippen LogP contribution in [0.25, 0.3) is 16.5 Å². The molecular formula is C33H38N4O4. The zero-order chi connectivity index (χ0) is 29.0. The van der Waals surface area contributed by atoms with Gasteiger partial charge in [0.15, 0.2) is 11.5 Å². The van der Waals surface area contributed by atoms with Crippen molar-refractivity contribution >= 4 is 22.3 Å². The smallest absolute Gasteiger partial charge is 0.191 e. The number of hydrogen-bond donors (Lipinski definition) is 1. The molecule has 1 saturated heterocycles. The standard InChI is InChI=1S/C33H38N4O4/c1-23-9-11-24(12-10-23)37-25(22-31(34-37)33(2,3)4)21-29(38)32(35-39)28-13-14-30(27-8-6-5-7-26(27)28)41-20-17-36-15-18-40-19-16-36/h5-14,22,39H,15-21H2,1-4H3. The van der Waals surface area contributed by atoms with E-state index in [9.17, 15) is 10.0 Å². The minimum atomic E-state index is -0.299. The summed E-state index contributed by atoms with van der Waals surface area (Å²) < 4.78 is 13.4. The maximum absolute atomic E-state index is 13.7. The number of fused-ring (bicyclic) bond motifs is 1. The van der Waals surface area contributed by atoms with Crippen LogP contribution >= 0.6 is 0 Å². The molecule has 8 heteroatoms. The molecule has 8 nitrogen and oxygen atoms in total. The number of rotatable bonds is 9. The van der Waals surface area contributed by atoms with Gasteiger partial charge in [-0.05, 0) is 42.6 Å². The summed E-state index contributed by atoms with van der Waals surface area (Å²) in [4.78, 5) is 16.1. The Labute approximate surface area is 241 Å². The Morgan fingerprint density at radius 3 is 2.41 bits per heavy atom. The van der Waals surface area contributed by atoms with E-state index < -0.39 is 0 Å². The molecule has 0 bridgehead atoms. The summed E-state index contributed by atoms with van der Waals surface area (Å²) >= 11 is 0. The number of oxime groups is 1. The van der Waals surface area contributed by atoms with E-state index in [0.717, 1.165) is 72.0 Å². The molecule has 1 aromatic heterocycles. The highest BCUT2D eigenvalue weighted by Gasteiger charge is 2.25. The van der Waals surface area contributed by atoms with Gasteiger partial charge in [0.05, 0.1) is 36.7 Å². The Kier molecular flexibility index (Phi) is 8.52. The van der Waals surface area contributed by atoms with Crippen LogP contribution in [0.5, 0.6) is 5.75 Å². The molecule has 0 atom stereocenters. The number of carbonyl (C=O) groups excluding carboxylic acids is 1. The average Bonchev–Trinajstić information content (AvgIpc) is 3.39. The fraction of sp³-hybridized carbons (Fsp3) is 0.364. The van der Waals surface area contributed by atoms with E-state index in [2.05, 4.69) is 30.8 Å². The number of carbonyl (C=O) groups is 1. The van der Waals surface area contributed by atoms with Crippen molar-refractivity contribution in [2.45, 2.75) is 39.5 Å². The van der Waals surface area contributed by atoms with Gasteiger partial charge in [0, 0.05) is 36.0 Å². The van der Waals surface area contributed by atoms with Crippen LogP contribution in [0.2, 0.25) is 0 Å². The maximum Gasteiger partial charge on any atom is 0.191 e. The highest BCUT2D eigenvalue weighted by molar-refractivity contribution is 6.48. The zero-order valence-corrected chi connectivity index (χ0v) is 24.3. The molecule has 4 aromatic rings. The van der Waals surface area contributed by atoms with Crippen molar-refractivity contribution in [1.82, 2.24) is 14.7 Å². The highest BCUT2D eigenvalue weighted by atomic mass is 16.5. The van der Waals surface area contributed by atoms with E-state index in [4.69, 9.17) is 14.6 Å². The SMILES string of the molecule is Cc1ccc(-n2nc(C(C)(C)C)cc2CC(=O)C(=NO)c2ccc(OCCN3CCOCC3)c3ccccc23)cc1. The number of nitrogens with zero attached hydrogens (tertiary/aromatic N) is 4. The first-order valence-electron chi connectivity index (χ1n) is 14.1. The lowest BCUT2D eigenvalue weighted by molar-refractivity contribution is -0.112. The van der Waals surface area contributed by atoms with Gasteiger partial charge in [-0.1, -0.05) is 67.9 Å². The van der Waals surface area contributed by atoms with Crippen molar-refractivity contribution in [3.8, 4) is 11.4 Å². The van der Waals surface area contributed by atoms with Gasteiger partial charge in [0.2, 0.25) is 0 Å². The monoisotopic (exact) mass is 554 g/mol. The topological polar surface area (TPSA) is 89.2 Å². The molecule has 1 N–H and O–H groups in total. The van der Waals surface area contributed by atoms with Crippen LogP contribution in [0.1, 0.15) is 43.3 Å². The fourth-order valence-corrected chi connectivity index (χ4v) is 5.04. The van der Waals surface area contributed by atoms with E-state index in [1.54, 1.807) is 6.07 Å². The van der Waals surface area contributed by atoms with Crippen molar-refractivity contribution in [3.63, 3.8) is 0 Å². The molecule has 41 heavy (non-hydrogen) atoms. The summed E-state index contributed by atoms with van der Waals surface area (Å²) in [6.07, 6.45) is 0.0302. The van der Waals surface area contributed by atoms with E-state index in [-0.39, 0.29) is 23.3 Å². The van der Waals surface area contributed by atoms with Crippen LogP contribution in [-0.4, -0.2) is 70.8 Å². The van der Waals surface area contributed by atoms with Crippen LogP contribution in [0.4, 0.5) is 0 Å². The number of morpholine rings is 1. The first-order chi connectivity index (χ1) is 19.7. The van der Waals surface area contributed by atoms with Gasteiger partial charge in [-0.2, -0.15) is 5.10 Å². The summed E-state index contributed by atoms with van der Waals surface area (Å²) in [6, 6.07) is 21.4. The Morgan fingerprint density at radius 2 is 1.73 bits per heavy atom. The molecular weight excluding hydrogens is 516 g/mol. The number of aryl methyl sites for hydroxylation is 1. The molecule has 0 amide bonds. The van der Waals surface area contributed by atoms with Gasteiger partial charge in [0.25, 0.3) is 0 Å². The number of benzene rings is 3. The molecule has 0 spiro atoms.